The minimum absolute atomic E-state index is 0. The number of hydrogen-bond donors (Lipinski definition) is 2. The summed E-state index contributed by atoms with van der Waals surface area (Å²) in [5.41, 5.74) is 0. The fourth-order valence-corrected chi connectivity index (χ4v) is 3.45. The van der Waals surface area contributed by atoms with E-state index in [1.165, 1.54) is 64.2 Å². The molecule has 32 heavy (non-hydrogen) atoms. The van der Waals surface area contributed by atoms with Gasteiger partial charge in [0.25, 0.3) is 0 Å². The monoisotopic (exact) mass is 515 g/mol. The smallest absolute Gasteiger partial charge is 0.726 e. The van der Waals surface area contributed by atoms with Crippen molar-refractivity contribution >= 4 is 20.8 Å². The molecule has 0 saturated heterocycles. The summed E-state index contributed by atoms with van der Waals surface area (Å²) >= 11 is 0. The van der Waals surface area contributed by atoms with Gasteiger partial charge < -0.3 is 10.7 Å². The van der Waals surface area contributed by atoms with Gasteiger partial charge in [-0.2, -0.15) is 8.42 Å². The second-order valence-electron chi connectivity index (χ2n) is 7.43. The third kappa shape index (κ3) is 44.4. The minimum atomic E-state index is -4.48. The van der Waals surface area contributed by atoms with Crippen LogP contribution >= 0.6 is 0 Å². The van der Waals surface area contributed by atoms with Gasteiger partial charge in [0.15, 0.2) is 0 Å². The van der Waals surface area contributed by atoms with Gasteiger partial charge in [0.1, 0.15) is 0 Å². The van der Waals surface area contributed by atoms with Crippen LogP contribution in [0, 0.1) is 0 Å². The van der Waals surface area contributed by atoms with Gasteiger partial charge in [-0.15, -0.1) is 0 Å². The Balaban J connectivity index is -0.000000238. The predicted molar refractivity (Wildman–Crippen MR) is 123 cm³/mol. The molecule has 0 amide bonds. The molecule has 0 aliphatic heterocycles. The van der Waals surface area contributed by atoms with E-state index in [4.69, 9.17) is 4.55 Å². The van der Waals surface area contributed by atoms with Crippen LogP contribution in [-0.2, 0) is 29.2 Å². The van der Waals surface area contributed by atoms with E-state index in [1.54, 1.807) is 0 Å². The Bertz CT molecular complexity index is 560. The Labute approximate surface area is 219 Å². The van der Waals surface area contributed by atoms with Crippen LogP contribution in [0.15, 0.2) is 0 Å². The predicted octanol–water partition coefficient (Wildman–Crippen LogP) is 2.72. The normalized spacial score (nSPS) is 11.1. The van der Waals surface area contributed by atoms with E-state index in [1.807, 2.05) is 0 Å². The Hall–Kier alpha value is 0.700. The summed E-state index contributed by atoms with van der Waals surface area (Å²) in [4.78, 5) is 0. The van der Waals surface area contributed by atoms with E-state index in [0.29, 0.717) is 12.8 Å². The largest absolute Gasteiger partial charge is 1.00 e. The first-order valence-electron chi connectivity index (χ1n) is 11.3. The van der Waals surface area contributed by atoms with Gasteiger partial charge in [-0.05, 0) is 12.8 Å². The number of hydrogen-bond acceptors (Lipinski definition) is 8. The van der Waals surface area contributed by atoms with Crippen molar-refractivity contribution in [2.75, 3.05) is 13.2 Å². The second-order valence-corrected chi connectivity index (χ2v) is 9.57. The average molecular weight is 516 g/mol. The molecular formula is C20H46NNaO8S2. The molecule has 0 aromatic heterocycles. The van der Waals surface area contributed by atoms with Crippen LogP contribution in [0.4, 0.5) is 0 Å². The van der Waals surface area contributed by atoms with Crippen molar-refractivity contribution < 1.29 is 63.9 Å². The van der Waals surface area contributed by atoms with E-state index in [0.717, 1.165) is 25.7 Å². The van der Waals surface area contributed by atoms with Crippen molar-refractivity contribution in [2.45, 2.75) is 117 Å². The summed E-state index contributed by atoms with van der Waals surface area (Å²) in [5.74, 6) is 0. The third-order valence-electron chi connectivity index (χ3n) is 4.46. The van der Waals surface area contributed by atoms with Gasteiger partial charge in [-0.3, -0.25) is 8.74 Å². The maximum atomic E-state index is 10.1. The first-order valence-corrected chi connectivity index (χ1v) is 14.0. The number of unbranched alkanes of at least 4 members (excludes halogenated alkanes) is 14. The van der Waals surface area contributed by atoms with E-state index in [9.17, 15) is 21.4 Å². The van der Waals surface area contributed by atoms with Crippen molar-refractivity contribution in [2.24, 2.45) is 0 Å². The molecular weight excluding hydrogens is 469 g/mol. The quantitative estimate of drug-likeness (QED) is 0.107. The van der Waals surface area contributed by atoms with Crippen LogP contribution in [0.5, 0.6) is 0 Å². The maximum absolute atomic E-state index is 10.1. The summed E-state index contributed by atoms with van der Waals surface area (Å²) < 4.78 is 67.0. The Morgan fingerprint density at radius 3 is 1.16 bits per heavy atom. The topological polar surface area (TPSA) is 165 Å². The summed E-state index contributed by atoms with van der Waals surface area (Å²) in [6.45, 7) is 4.47. The van der Waals surface area contributed by atoms with Crippen LogP contribution < -0.4 is 35.7 Å². The van der Waals surface area contributed by atoms with Gasteiger partial charge in [0.05, 0.1) is 13.2 Å². The van der Waals surface area contributed by atoms with E-state index in [2.05, 4.69) is 22.2 Å². The summed E-state index contributed by atoms with van der Waals surface area (Å²) in [5, 5.41) is 0. The van der Waals surface area contributed by atoms with E-state index < -0.39 is 20.8 Å². The zero-order chi connectivity index (χ0) is 23.1. The maximum Gasteiger partial charge on any atom is 1.00 e. The van der Waals surface area contributed by atoms with Crippen molar-refractivity contribution in [1.29, 1.82) is 0 Å². The molecule has 0 radical (unpaired) electrons. The molecule has 0 unspecified atom stereocenters. The molecule has 0 bridgehead atoms. The molecule has 192 valence electrons. The molecule has 12 heteroatoms. The van der Waals surface area contributed by atoms with Crippen LogP contribution in [0.1, 0.15) is 117 Å². The molecule has 0 atom stereocenters. The molecule has 0 saturated carbocycles. The van der Waals surface area contributed by atoms with Crippen LogP contribution in [-0.4, -0.2) is 39.2 Å². The zero-order valence-electron chi connectivity index (χ0n) is 20.6. The molecule has 0 aromatic carbocycles. The minimum Gasteiger partial charge on any atom is -0.726 e. The molecule has 4 N–H and O–H groups in total. The summed E-state index contributed by atoms with van der Waals surface area (Å²) in [6.07, 6.45) is 18.0. The van der Waals surface area contributed by atoms with Gasteiger partial charge in [-0.1, -0.05) is 104 Å². The molecule has 0 fully saturated rings. The number of rotatable bonds is 20. The zero-order valence-corrected chi connectivity index (χ0v) is 24.2. The average Bonchev–Trinajstić information content (AvgIpc) is 2.64. The first-order chi connectivity index (χ1) is 14.1. The fraction of sp³-hybridized carbons (Fsp3) is 1.00. The molecule has 0 rings (SSSR count). The van der Waals surface area contributed by atoms with Gasteiger partial charge in [0, 0.05) is 0 Å². The first kappa shape index (κ1) is 39.9. The SMILES string of the molecule is CCCCCCCCCCCCOS(=O)(=O)[O-].CCCCCCCCOS(=O)(=O)O.N.[Na+]. The molecule has 9 nitrogen and oxygen atoms in total. The second kappa shape index (κ2) is 27.9. The van der Waals surface area contributed by atoms with Crippen LogP contribution in [0.2, 0.25) is 0 Å². The van der Waals surface area contributed by atoms with E-state index in [-0.39, 0.29) is 48.9 Å². The Kier molecular flexibility index (Phi) is 34.8. The molecule has 0 aliphatic carbocycles. The standard InChI is InChI=1S/C12H26O4S.C8H18O4S.H3N.Na/c1-2-3-4-5-6-7-8-9-10-11-12-16-17(13,14)15;1-2-3-4-5-6-7-8-12-13(9,10)11;;/h2-12H2,1H3,(H,13,14,15);2-8H2,1H3,(H,9,10,11);1H3;/q;;;+1/p-1. The van der Waals surface area contributed by atoms with Gasteiger partial charge in [-0.25, -0.2) is 12.6 Å². The van der Waals surface area contributed by atoms with Gasteiger partial charge >= 0.3 is 40.0 Å². The van der Waals surface area contributed by atoms with Crippen molar-refractivity contribution in [3.63, 3.8) is 0 Å². The molecule has 0 aliphatic rings. The van der Waals surface area contributed by atoms with Crippen LogP contribution in [0.25, 0.3) is 0 Å². The van der Waals surface area contributed by atoms with Crippen molar-refractivity contribution in [3.05, 3.63) is 0 Å². The Morgan fingerprint density at radius 1 is 0.594 bits per heavy atom. The van der Waals surface area contributed by atoms with E-state index >= 15 is 0 Å². The molecule has 0 spiro atoms. The van der Waals surface area contributed by atoms with Crippen LogP contribution in [0.3, 0.4) is 0 Å². The third-order valence-corrected chi connectivity index (χ3v) is 5.38. The fourth-order valence-electron chi connectivity index (χ4n) is 2.80. The summed E-state index contributed by atoms with van der Waals surface area (Å²) in [6, 6.07) is 0. The van der Waals surface area contributed by atoms with Crippen molar-refractivity contribution in [1.82, 2.24) is 6.15 Å². The summed E-state index contributed by atoms with van der Waals surface area (Å²) in [7, 11) is -8.71. The molecule has 0 aromatic rings. The van der Waals surface area contributed by atoms with Crippen molar-refractivity contribution in [3.8, 4) is 0 Å². The molecule has 0 heterocycles. The Morgan fingerprint density at radius 2 is 0.875 bits per heavy atom. The van der Waals surface area contributed by atoms with Gasteiger partial charge in [0.2, 0.25) is 10.4 Å².